The van der Waals surface area contributed by atoms with Crippen molar-refractivity contribution in [2.75, 3.05) is 6.61 Å². The highest BCUT2D eigenvalue weighted by Crippen LogP contribution is 2.44. The first-order valence-corrected chi connectivity index (χ1v) is 18.8. The van der Waals surface area contributed by atoms with Gasteiger partial charge in [-0.25, -0.2) is 0 Å². The van der Waals surface area contributed by atoms with Crippen LogP contribution in [0.5, 0.6) is 0 Å². The van der Waals surface area contributed by atoms with Gasteiger partial charge < -0.3 is 13.6 Å². The van der Waals surface area contributed by atoms with Gasteiger partial charge in [0.25, 0.3) is 0 Å². The third-order valence-corrected chi connectivity index (χ3v) is 17.3. The maximum Gasteiger partial charge on any atom is 0.192 e. The molecule has 0 radical (unpaired) electrons. The molecule has 2 heterocycles. The van der Waals surface area contributed by atoms with E-state index in [1.54, 1.807) is 0 Å². The molecule has 4 nitrogen and oxygen atoms in total. The van der Waals surface area contributed by atoms with Gasteiger partial charge in [-0.05, 0) is 49.3 Å². The van der Waals surface area contributed by atoms with Gasteiger partial charge in [-0.15, -0.1) is 0 Å². The second-order valence-corrected chi connectivity index (χ2v) is 22.7. The highest BCUT2D eigenvalue weighted by atomic mass is 28.4. The Labute approximate surface area is 216 Å². The molecule has 1 aliphatic rings. The van der Waals surface area contributed by atoms with Gasteiger partial charge in [0.1, 0.15) is 6.10 Å². The zero-order valence-corrected chi connectivity index (χ0v) is 25.9. The molecular weight excluding hydrogens is 466 g/mol. The number of hydrogen-bond acceptors (Lipinski definition) is 4. The molecule has 2 aromatic rings. The Morgan fingerprint density at radius 2 is 1.49 bits per heavy atom. The van der Waals surface area contributed by atoms with Crippen molar-refractivity contribution >= 4 is 16.6 Å². The summed E-state index contributed by atoms with van der Waals surface area (Å²) in [6.07, 6.45) is 0.674. The van der Waals surface area contributed by atoms with Crippen LogP contribution in [0.3, 0.4) is 0 Å². The van der Waals surface area contributed by atoms with Gasteiger partial charge in [-0.1, -0.05) is 77.9 Å². The molecule has 0 spiro atoms. The number of aryl methyl sites for hydroxylation is 1. The SMILES string of the molecule is Cc1ccc([C@H]2C[C@H](O[Si](C)(C)C(C)(C)C)[C@@H](CO[Si](C)(C)C(C)(C)C)O2)c(-c2ccccc2)n1. The van der Waals surface area contributed by atoms with Crippen LogP contribution in [-0.2, 0) is 13.6 Å². The largest absolute Gasteiger partial charge is 0.414 e. The van der Waals surface area contributed by atoms with Crippen molar-refractivity contribution < 1.29 is 13.6 Å². The summed E-state index contributed by atoms with van der Waals surface area (Å²) in [5.74, 6) is 0. The molecule has 1 saturated heterocycles. The first-order valence-electron chi connectivity index (χ1n) is 13.0. The molecule has 35 heavy (non-hydrogen) atoms. The number of ether oxygens (including phenoxy) is 1. The maximum absolute atomic E-state index is 6.98. The van der Waals surface area contributed by atoms with E-state index in [1.165, 1.54) is 0 Å². The summed E-state index contributed by atoms with van der Waals surface area (Å²) in [5.41, 5.74) is 4.28. The number of nitrogens with zero attached hydrogens (tertiary/aromatic N) is 1. The fourth-order valence-corrected chi connectivity index (χ4v) is 6.28. The average Bonchev–Trinajstić information content (AvgIpc) is 3.13. The van der Waals surface area contributed by atoms with Gasteiger partial charge in [-0.3, -0.25) is 4.98 Å². The average molecular weight is 514 g/mol. The van der Waals surface area contributed by atoms with Crippen molar-refractivity contribution in [1.29, 1.82) is 0 Å². The van der Waals surface area contributed by atoms with Gasteiger partial charge in [0.2, 0.25) is 0 Å². The molecule has 0 N–H and O–H groups in total. The lowest BCUT2D eigenvalue weighted by atomic mass is 9.98. The van der Waals surface area contributed by atoms with Crippen molar-refractivity contribution in [2.24, 2.45) is 0 Å². The molecule has 194 valence electrons. The van der Waals surface area contributed by atoms with E-state index < -0.39 is 16.6 Å². The third-order valence-electron chi connectivity index (χ3n) is 8.33. The van der Waals surface area contributed by atoms with Crippen molar-refractivity contribution in [1.82, 2.24) is 4.98 Å². The standard InChI is InChI=1S/C29H47NO3Si2/c1-21-17-18-23(27(30-21)22-15-13-12-14-16-22)24-19-25(33-35(10,11)29(5,6)7)26(32-24)20-31-34(8,9)28(2,3)4/h12-18,24-26H,19-20H2,1-11H3/t24-,25+,26-/m1/s1. The molecule has 0 saturated carbocycles. The minimum Gasteiger partial charge on any atom is -0.414 e. The Balaban J connectivity index is 1.93. The van der Waals surface area contributed by atoms with Crippen LogP contribution in [-0.4, -0.2) is 40.4 Å². The van der Waals surface area contributed by atoms with Crippen molar-refractivity contribution in [3.8, 4) is 11.3 Å². The molecule has 1 aromatic carbocycles. The molecule has 3 rings (SSSR count). The quantitative estimate of drug-likeness (QED) is 0.349. The Kier molecular flexibility index (Phi) is 8.24. The van der Waals surface area contributed by atoms with Gasteiger partial charge in [-0.2, -0.15) is 0 Å². The molecule has 1 aliphatic heterocycles. The number of aromatic nitrogens is 1. The molecular formula is C29H47NO3Si2. The van der Waals surface area contributed by atoms with Gasteiger partial charge in [0.15, 0.2) is 16.6 Å². The van der Waals surface area contributed by atoms with Crippen LogP contribution >= 0.6 is 0 Å². The van der Waals surface area contributed by atoms with Crippen molar-refractivity contribution in [3.05, 3.63) is 53.7 Å². The zero-order chi connectivity index (χ0) is 26.2. The molecule has 0 unspecified atom stereocenters. The predicted octanol–water partition coefficient (Wildman–Crippen LogP) is 8.30. The number of hydrogen-bond donors (Lipinski definition) is 0. The normalized spacial score (nSPS) is 22.0. The van der Waals surface area contributed by atoms with Crippen LogP contribution in [0.4, 0.5) is 0 Å². The molecule has 0 bridgehead atoms. The Morgan fingerprint density at radius 3 is 2.06 bits per heavy atom. The number of pyridine rings is 1. The Bertz CT molecular complexity index is 993. The van der Waals surface area contributed by atoms with Crippen LogP contribution in [0.1, 0.15) is 65.3 Å². The maximum atomic E-state index is 6.98. The van der Waals surface area contributed by atoms with Gasteiger partial charge >= 0.3 is 0 Å². The van der Waals surface area contributed by atoms with Crippen LogP contribution in [0.2, 0.25) is 36.3 Å². The second kappa shape index (κ2) is 10.2. The van der Waals surface area contributed by atoms with E-state index in [0.29, 0.717) is 6.61 Å². The fourth-order valence-electron chi connectivity index (χ4n) is 3.90. The van der Waals surface area contributed by atoms with Gasteiger partial charge in [0.05, 0.1) is 24.5 Å². The molecule has 0 amide bonds. The number of benzene rings is 1. The smallest absolute Gasteiger partial charge is 0.192 e. The van der Waals surface area contributed by atoms with Crippen LogP contribution < -0.4 is 0 Å². The lowest BCUT2D eigenvalue weighted by molar-refractivity contribution is -0.0164. The van der Waals surface area contributed by atoms with Gasteiger partial charge in [0, 0.05) is 23.2 Å². The van der Waals surface area contributed by atoms with Crippen LogP contribution in [0.25, 0.3) is 11.3 Å². The summed E-state index contributed by atoms with van der Waals surface area (Å²) in [5, 5.41) is 0.290. The molecule has 3 atom stereocenters. The third kappa shape index (κ3) is 6.52. The van der Waals surface area contributed by atoms with E-state index in [2.05, 4.69) is 104 Å². The van der Waals surface area contributed by atoms with Crippen LogP contribution in [0.15, 0.2) is 42.5 Å². The second-order valence-electron chi connectivity index (χ2n) is 13.1. The molecule has 1 aromatic heterocycles. The van der Waals surface area contributed by atoms with E-state index in [9.17, 15) is 0 Å². The molecule has 1 fully saturated rings. The predicted molar refractivity (Wildman–Crippen MR) is 152 cm³/mol. The minimum atomic E-state index is -1.98. The minimum absolute atomic E-state index is 0.00980. The lowest BCUT2D eigenvalue weighted by Crippen LogP contribution is -2.48. The van der Waals surface area contributed by atoms with E-state index in [-0.39, 0.29) is 28.4 Å². The van der Waals surface area contributed by atoms with Crippen molar-refractivity contribution in [2.45, 2.75) is 109 Å². The van der Waals surface area contributed by atoms with Crippen molar-refractivity contribution in [3.63, 3.8) is 0 Å². The Hall–Kier alpha value is -1.32. The molecule has 0 aliphatic carbocycles. The topological polar surface area (TPSA) is 40.6 Å². The van der Waals surface area contributed by atoms with Crippen LogP contribution in [0, 0.1) is 6.92 Å². The highest BCUT2D eigenvalue weighted by Gasteiger charge is 2.46. The fraction of sp³-hybridized carbons (Fsp3) is 0.621. The highest BCUT2D eigenvalue weighted by molar-refractivity contribution is 6.74. The number of rotatable bonds is 7. The summed E-state index contributed by atoms with van der Waals surface area (Å²) in [7, 11) is -3.89. The summed E-state index contributed by atoms with van der Waals surface area (Å²) in [6, 6.07) is 14.7. The zero-order valence-electron chi connectivity index (χ0n) is 23.9. The summed E-state index contributed by atoms with van der Waals surface area (Å²) < 4.78 is 20.4. The first kappa shape index (κ1) is 28.3. The lowest BCUT2D eigenvalue weighted by Gasteiger charge is -2.40. The summed E-state index contributed by atoms with van der Waals surface area (Å²) in [4.78, 5) is 4.93. The van der Waals surface area contributed by atoms with E-state index in [4.69, 9.17) is 18.6 Å². The van der Waals surface area contributed by atoms with E-state index in [0.717, 1.165) is 28.9 Å². The summed E-state index contributed by atoms with van der Waals surface area (Å²) >= 11 is 0. The van der Waals surface area contributed by atoms with E-state index >= 15 is 0 Å². The monoisotopic (exact) mass is 513 g/mol. The van der Waals surface area contributed by atoms with E-state index in [1.807, 2.05) is 13.0 Å². The first-order chi connectivity index (χ1) is 16.0. The Morgan fingerprint density at radius 1 is 0.886 bits per heavy atom. The summed E-state index contributed by atoms with van der Waals surface area (Å²) in [6.45, 7) is 25.6. The molecule has 6 heteroatoms.